The van der Waals surface area contributed by atoms with Gasteiger partial charge < -0.3 is 9.64 Å². The lowest BCUT2D eigenvalue weighted by Gasteiger charge is -2.45. The van der Waals surface area contributed by atoms with E-state index in [1.54, 1.807) is 0 Å². The molecule has 4 aromatic heterocycles. The molecule has 0 amide bonds. The van der Waals surface area contributed by atoms with E-state index < -0.39 is 8.07 Å². The standard InChI is InChI=1S/C56H37N5OSi/c1-4-17-38(18-5-1)60-50-29-14-15-30-52(50)63(42-21-6-2-7-22-42,43-23-8-3-9-24-43)54-51(60)37-58-56-53(54)46-26-11-13-28-49(46)61(56)39-19-16-20-40(35-39)62-41-31-32-44-45-25-10-12-27-48(45)59-34-33-57-55(59)47(44)36-41/h1-37H. The normalized spacial score (nSPS) is 13.2. The molecule has 7 heteroatoms. The summed E-state index contributed by atoms with van der Waals surface area (Å²) < 4.78 is 11.2. The van der Waals surface area contributed by atoms with E-state index in [1.807, 2.05) is 18.5 Å². The molecule has 63 heavy (non-hydrogen) atoms. The van der Waals surface area contributed by atoms with Crippen LogP contribution in [0.5, 0.6) is 11.5 Å². The number of hydrogen-bond donors (Lipinski definition) is 0. The van der Waals surface area contributed by atoms with Gasteiger partial charge in [-0.1, -0.05) is 140 Å². The molecule has 0 spiro atoms. The molecule has 8 aromatic carbocycles. The number of hydrogen-bond acceptors (Lipinski definition) is 4. The number of aromatic nitrogens is 4. The van der Waals surface area contributed by atoms with Crippen molar-refractivity contribution in [2.24, 2.45) is 0 Å². The number of imidazole rings is 1. The Bertz CT molecular complexity index is 3690. The summed E-state index contributed by atoms with van der Waals surface area (Å²) in [5, 5.41) is 11.0. The van der Waals surface area contributed by atoms with Crippen LogP contribution in [0.4, 0.5) is 17.1 Å². The highest BCUT2D eigenvalue weighted by Crippen LogP contribution is 2.42. The minimum absolute atomic E-state index is 0.734. The number of anilines is 3. The van der Waals surface area contributed by atoms with E-state index >= 15 is 0 Å². The third-order valence-electron chi connectivity index (χ3n) is 12.9. The van der Waals surface area contributed by atoms with Gasteiger partial charge in [0.2, 0.25) is 0 Å². The van der Waals surface area contributed by atoms with Crippen LogP contribution < -0.4 is 30.4 Å². The fraction of sp³-hybridized carbons (Fsp3) is 0. The Morgan fingerprint density at radius 3 is 1.89 bits per heavy atom. The van der Waals surface area contributed by atoms with Crippen LogP contribution >= 0.6 is 0 Å². The lowest BCUT2D eigenvalue weighted by molar-refractivity contribution is 0.483. The fourth-order valence-corrected chi connectivity index (χ4v) is 15.7. The molecule has 1 aliphatic rings. The molecular formula is C56H37N5OSi. The molecule has 6 nitrogen and oxygen atoms in total. The fourth-order valence-electron chi connectivity index (χ4n) is 10.4. The van der Waals surface area contributed by atoms with E-state index in [9.17, 15) is 0 Å². The molecule has 1 aliphatic heterocycles. The average Bonchev–Trinajstić information content (AvgIpc) is 3.99. The smallest absolute Gasteiger partial charge is 0.185 e. The van der Waals surface area contributed by atoms with Crippen molar-refractivity contribution in [1.82, 2.24) is 18.9 Å². The highest BCUT2D eigenvalue weighted by molar-refractivity contribution is 7.22. The second kappa shape index (κ2) is 13.9. The molecule has 0 fully saturated rings. The van der Waals surface area contributed by atoms with Crippen molar-refractivity contribution >= 4 is 95.1 Å². The number of rotatable bonds is 6. The van der Waals surface area contributed by atoms with Crippen molar-refractivity contribution in [2.75, 3.05) is 4.90 Å². The molecule has 296 valence electrons. The van der Waals surface area contributed by atoms with Crippen LogP contribution in [0.1, 0.15) is 0 Å². The van der Waals surface area contributed by atoms with Gasteiger partial charge in [0.15, 0.2) is 8.07 Å². The molecule has 13 rings (SSSR count). The molecule has 0 saturated carbocycles. The van der Waals surface area contributed by atoms with E-state index in [4.69, 9.17) is 14.7 Å². The Labute approximate surface area is 364 Å². The molecule has 0 atom stereocenters. The molecule has 12 aromatic rings. The van der Waals surface area contributed by atoms with Gasteiger partial charge in [0.1, 0.15) is 22.8 Å². The number of fused-ring (bicyclic) bond motifs is 12. The third kappa shape index (κ3) is 5.17. The summed E-state index contributed by atoms with van der Waals surface area (Å²) in [4.78, 5) is 12.7. The van der Waals surface area contributed by atoms with E-state index in [0.29, 0.717) is 0 Å². The van der Waals surface area contributed by atoms with Crippen LogP contribution in [-0.4, -0.2) is 27.0 Å². The lowest BCUT2D eigenvalue weighted by Crippen LogP contribution is -2.77. The molecular weight excluding hydrogens is 787 g/mol. The van der Waals surface area contributed by atoms with Gasteiger partial charge in [-0.15, -0.1) is 0 Å². The SMILES string of the molecule is c1ccc(N2c3ccccc3[Si](c3ccccc3)(c3ccccc3)c3c2cnc2c3c3ccccc3n2-c2cccc(Oc3ccc4c5ccccc5n5ccnc5c4c3)c2)cc1. The quantitative estimate of drug-likeness (QED) is 0.124. The molecule has 0 N–H and O–H groups in total. The summed E-state index contributed by atoms with van der Waals surface area (Å²) in [5.74, 6) is 1.48. The van der Waals surface area contributed by atoms with Gasteiger partial charge >= 0.3 is 0 Å². The van der Waals surface area contributed by atoms with E-state index in [0.717, 1.165) is 72.4 Å². The molecule has 5 heterocycles. The summed E-state index contributed by atoms with van der Waals surface area (Å²) in [6, 6.07) is 74.2. The minimum Gasteiger partial charge on any atom is -0.457 e. The summed E-state index contributed by atoms with van der Waals surface area (Å²) in [6.45, 7) is 0. The Morgan fingerprint density at radius 1 is 0.444 bits per heavy atom. The van der Waals surface area contributed by atoms with Crippen LogP contribution in [-0.2, 0) is 0 Å². The van der Waals surface area contributed by atoms with Gasteiger partial charge in [-0.25, -0.2) is 9.97 Å². The van der Waals surface area contributed by atoms with Crippen LogP contribution in [0.15, 0.2) is 225 Å². The number of pyridine rings is 2. The van der Waals surface area contributed by atoms with Gasteiger partial charge in [-0.2, -0.15) is 0 Å². The molecule has 0 bridgehead atoms. The third-order valence-corrected chi connectivity index (χ3v) is 17.8. The van der Waals surface area contributed by atoms with Gasteiger partial charge in [-0.05, 0) is 86.8 Å². The highest BCUT2D eigenvalue weighted by atomic mass is 28.3. The monoisotopic (exact) mass is 823 g/mol. The molecule has 0 unspecified atom stereocenters. The van der Waals surface area contributed by atoms with Gasteiger partial charge in [-0.3, -0.25) is 8.97 Å². The summed E-state index contributed by atoms with van der Waals surface area (Å²) in [5.41, 5.74) is 8.37. The zero-order valence-corrected chi connectivity index (χ0v) is 35.0. The Balaban J connectivity index is 1.06. The molecule has 0 radical (unpaired) electrons. The first-order valence-electron chi connectivity index (χ1n) is 21.3. The Hall–Kier alpha value is -8.26. The van der Waals surface area contributed by atoms with Crippen molar-refractivity contribution in [1.29, 1.82) is 0 Å². The second-order valence-corrected chi connectivity index (χ2v) is 19.9. The van der Waals surface area contributed by atoms with Gasteiger partial charge in [0.05, 0.1) is 28.6 Å². The van der Waals surface area contributed by atoms with Gasteiger partial charge in [0.25, 0.3) is 0 Å². The summed E-state index contributed by atoms with van der Waals surface area (Å²) in [6.07, 6.45) is 6.01. The predicted octanol–water partition coefficient (Wildman–Crippen LogP) is 11.1. The number of ether oxygens (including phenoxy) is 1. The predicted molar refractivity (Wildman–Crippen MR) is 261 cm³/mol. The number of benzene rings is 8. The maximum Gasteiger partial charge on any atom is 0.185 e. The first kappa shape index (κ1) is 35.5. The Kier molecular flexibility index (Phi) is 7.82. The number of nitrogens with zero attached hydrogens (tertiary/aromatic N) is 5. The maximum atomic E-state index is 6.76. The second-order valence-electron chi connectivity index (χ2n) is 16.2. The van der Waals surface area contributed by atoms with Crippen molar-refractivity contribution in [3.05, 3.63) is 225 Å². The van der Waals surface area contributed by atoms with Crippen molar-refractivity contribution < 1.29 is 4.74 Å². The number of para-hydroxylation sites is 4. The first-order valence-corrected chi connectivity index (χ1v) is 23.3. The highest BCUT2D eigenvalue weighted by Gasteiger charge is 2.50. The lowest BCUT2D eigenvalue weighted by atomic mass is 10.1. The molecule has 0 aliphatic carbocycles. The van der Waals surface area contributed by atoms with Crippen molar-refractivity contribution in [3.63, 3.8) is 0 Å². The van der Waals surface area contributed by atoms with Crippen LogP contribution in [0.25, 0.3) is 54.9 Å². The van der Waals surface area contributed by atoms with Crippen LogP contribution in [0.2, 0.25) is 0 Å². The summed E-state index contributed by atoms with van der Waals surface area (Å²) in [7, 11) is -3.06. The van der Waals surface area contributed by atoms with Gasteiger partial charge in [0, 0.05) is 51.4 Å². The minimum atomic E-state index is -3.06. The maximum absolute atomic E-state index is 6.76. The first-order chi connectivity index (χ1) is 31.3. The van der Waals surface area contributed by atoms with E-state index in [-0.39, 0.29) is 0 Å². The zero-order valence-electron chi connectivity index (χ0n) is 34.0. The van der Waals surface area contributed by atoms with E-state index in [2.05, 4.69) is 220 Å². The zero-order chi connectivity index (χ0) is 41.5. The van der Waals surface area contributed by atoms with E-state index in [1.165, 1.54) is 31.8 Å². The van der Waals surface area contributed by atoms with Crippen LogP contribution in [0, 0.1) is 0 Å². The summed E-state index contributed by atoms with van der Waals surface area (Å²) >= 11 is 0. The van der Waals surface area contributed by atoms with Crippen LogP contribution in [0.3, 0.4) is 0 Å². The molecule has 0 saturated heterocycles. The van der Waals surface area contributed by atoms with Crippen molar-refractivity contribution in [2.45, 2.75) is 0 Å². The van der Waals surface area contributed by atoms with Crippen molar-refractivity contribution in [3.8, 4) is 17.2 Å². The topological polar surface area (TPSA) is 47.6 Å². The average molecular weight is 824 g/mol. The largest absolute Gasteiger partial charge is 0.457 e. The Morgan fingerprint density at radius 2 is 1.10 bits per heavy atom.